The summed E-state index contributed by atoms with van der Waals surface area (Å²) in [6.07, 6.45) is 0.543. The van der Waals surface area contributed by atoms with Gasteiger partial charge in [-0.05, 0) is 70.8 Å². The van der Waals surface area contributed by atoms with Gasteiger partial charge in [0.15, 0.2) is 0 Å². The molecule has 8 N–H and O–H groups in total. The summed E-state index contributed by atoms with van der Waals surface area (Å²) in [4.78, 5) is 20.9. The Kier molecular flexibility index (Phi) is 12.0. The minimum atomic E-state index is -1.02. The van der Waals surface area contributed by atoms with E-state index in [0.717, 1.165) is 11.1 Å². The summed E-state index contributed by atoms with van der Waals surface area (Å²) >= 11 is 1.98. The number of carboxylic acid groups (broad SMARTS) is 2. The maximum absolute atomic E-state index is 10.5. The molecule has 0 aliphatic heterocycles. The van der Waals surface area contributed by atoms with Crippen LogP contribution in [0.5, 0.6) is 11.5 Å². The highest BCUT2D eigenvalue weighted by molar-refractivity contribution is 14.1. The molecule has 0 fully saturated rings. The minimum absolute atomic E-state index is 0. The van der Waals surface area contributed by atoms with Gasteiger partial charge in [0, 0.05) is 0 Å². The van der Waals surface area contributed by atoms with Crippen molar-refractivity contribution in [1.29, 1.82) is 0 Å². The Hall–Kier alpha value is -1.64. The van der Waals surface area contributed by atoms with E-state index in [4.69, 9.17) is 26.8 Å². The average Bonchev–Trinajstić information content (AvgIpc) is 2.60. The molecular weight excluding hydrogens is 588 g/mol. The van der Waals surface area contributed by atoms with Crippen molar-refractivity contribution in [1.82, 2.24) is 0 Å². The third-order valence-corrected chi connectivity index (χ3v) is 4.36. The van der Waals surface area contributed by atoms with E-state index in [1.165, 1.54) is 18.2 Å². The number of carbonyl (C=O) groups is 2. The van der Waals surface area contributed by atoms with Crippen LogP contribution in [0, 0.1) is 3.57 Å². The predicted molar refractivity (Wildman–Crippen MR) is 108 cm³/mol. The second-order valence-corrected chi connectivity index (χ2v) is 6.91. The number of rotatable bonds is 6. The van der Waals surface area contributed by atoms with Crippen LogP contribution in [0.1, 0.15) is 11.1 Å². The zero-order valence-corrected chi connectivity index (χ0v) is 18.9. The Labute approximate surface area is 192 Å². The van der Waals surface area contributed by atoms with Crippen LogP contribution in [0.3, 0.4) is 0 Å². The van der Waals surface area contributed by atoms with Crippen LogP contribution in [0.25, 0.3) is 0 Å². The van der Waals surface area contributed by atoms with Crippen LogP contribution >= 0.6 is 22.6 Å². The molecule has 2 atom stereocenters. The van der Waals surface area contributed by atoms with E-state index < -0.39 is 24.0 Å². The fourth-order valence-electron chi connectivity index (χ4n) is 1.99. The van der Waals surface area contributed by atoms with Gasteiger partial charge in [-0.15, -0.1) is 0 Å². The van der Waals surface area contributed by atoms with Gasteiger partial charge in [0.05, 0.1) is 3.57 Å². The molecule has 10 heteroatoms. The van der Waals surface area contributed by atoms with Crippen molar-refractivity contribution in [3.8, 4) is 11.5 Å². The van der Waals surface area contributed by atoms with Gasteiger partial charge < -0.3 is 55.9 Å². The lowest BCUT2D eigenvalue weighted by atomic mass is 10.1. The third-order valence-electron chi connectivity index (χ3n) is 3.49. The molecule has 2 aromatic rings. The lowest BCUT2D eigenvalue weighted by Crippen LogP contribution is -3.00. The second-order valence-electron chi connectivity index (χ2n) is 5.75. The summed E-state index contributed by atoms with van der Waals surface area (Å²) < 4.78 is 0.692. The second kappa shape index (κ2) is 12.7. The van der Waals surface area contributed by atoms with E-state index in [-0.39, 0.29) is 48.3 Å². The van der Waals surface area contributed by atoms with Crippen LogP contribution in [0.2, 0.25) is 0 Å². The number of hydrogen-bond acceptors (Lipinski definition) is 6. The van der Waals surface area contributed by atoms with Gasteiger partial charge in [-0.2, -0.15) is 0 Å². The summed E-state index contributed by atoms with van der Waals surface area (Å²) in [5.41, 5.74) is 12.3. The van der Waals surface area contributed by atoms with Crippen molar-refractivity contribution in [3.63, 3.8) is 0 Å². The first kappa shape index (κ1) is 26.4. The van der Waals surface area contributed by atoms with E-state index in [0.29, 0.717) is 3.57 Å². The number of carboxylic acids is 2. The number of aromatic hydroxyl groups is 2. The van der Waals surface area contributed by atoms with Crippen molar-refractivity contribution in [3.05, 3.63) is 57.2 Å². The van der Waals surface area contributed by atoms with E-state index in [2.05, 4.69) is 0 Å². The molecule has 2 unspecified atom stereocenters. The summed E-state index contributed by atoms with van der Waals surface area (Å²) in [5.74, 6) is -1.69. The number of hydrogen-bond donors (Lipinski definition) is 6. The molecule has 0 aliphatic rings. The maximum Gasteiger partial charge on any atom is 0.320 e. The van der Waals surface area contributed by atoms with Crippen molar-refractivity contribution in [2.75, 3.05) is 0 Å². The monoisotopic (exact) mass is 609 g/mol. The Morgan fingerprint density at radius 3 is 1.71 bits per heavy atom. The van der Waals surface area contributed by atoms with Gasteiger partial charge in [-0.3, -0.25) is 9.59 Å². The van der Waals surface area contributed by atoms with Crippen LogP contribution in [-0.2, 0) is 22.4 Å². The fourth-order valence-corrected chi connectivity index (χ4v) is 2.57. The van der Waals surface area contributed by atoms with Crippen molar-refractivity contribution in [2.45, 2.75) is 24.9 Å². The third kappa shape index (κ3) is 9.52. The molecule has 0 aromatic heterocycles. The summed E-state index contributed by atoms with van der Waals surface area (Å²) in [5, 5.41) is 35.3. The summed E-state index contributed by atoms with van der Waals surface area (Å²) in [6, 6.07) is 9.45. The number of halogens is 2. The molecule has 2 rings (SSSR count). The topological polar surface area (TPSA) is 167 Å². The first-order valence-corrected chi connectivity index (χ1v) is 8.90. The summed E-state index contributed by atoms with van der Waals surface area (Å²) in [7, 11) is 0. The van der Waals surface area contributed by atoms with Crippen molar-refractivity contribution >= 4 is 34.5 Å². The first-order valence-electron chi connectivity index (χ1n) is 7.82. The molecule has 0 aliphatic carbocycles. The number of aliphatic carboxylic acids is 2. The number of nitrogens with two attached hydrogens (primary N) is 2. The number of phenols is 2. The van der Waals surface area contributed by atoms with Gasteiger partial charge in [0.25, 0.3) is 0 Å². The molecule has 0 saturated carbocycles. The van der Waals surface area contributed by atoms with E-state index >= 15 is 0 Å². The largest absolute Gasteiger partial charge is 1.00 e. The average molecular weight is 609 g/mol. The fraction of sp³-hybridized carbons (Fsp3) is 0.222. The normalized spacial score (nSPS) is 12.0. The highest BCUT2D eigenvalue weighted by Crippen LogP contribution is 2.20. The number of phenolic OH excluding ortho intramolecular Hbond substituents is 2. The Balaban J connectivity index is 0.000000504. The quantitative estimate of drug-likeness (QED) is 0.211. The van der Waals surface area contributed by atoms with E-state index in [9.17, 15) is 14.7 Å². The Bertz CT molecular complexity index is 786. The first-order chi connectivity index (χ1) is 12.6. The van der Waals surface area contributed by atoms with Gasteiger partial charge in [-0.1, -0.05) is 18.2 Å². The molecule has 0 spiro atoms. The lowest BCUT2D eigenvalue weighted by molar-refractivity contribution is -0.139. The van der Waals surface area contributed by atoms with Gasteiger partial charge in [0.2, 0.25) is 0 Å². The van der Waals surface area contributed by atoms with Crippen LogP contribution in [-0.4, -0.2) is 44.4 Å². The Morgan fingerprint density at radius 1 is 0.857 bits per heavy atom. The molecule has 154 valence electrons. The highest BCUT2D eigenvalue weighted by atomic mass is 124. The zero-order chi connectivity index (χ0) is 20.6. The van der Waals surface area contributed by atoms with Gasteiger partial charge >= 0.3 is 11.9 Å². The SMILES string of the molecule is NC(Cc1ccc(O)c([124I])c1)C(=O)O.NC(Cc1ccc(O)cc1)C(=O)O.[124I-]. The maximum atomic E-state index is 10.5. The zero-order valence-electron chi connectivity index (χ0n) is 14.6. The van der Waals surface area contributed by atoms with Crippen LogP contribution in [0.4, 0.5) is 0 Å². The molecule has 0 heterocycles. The predicted octanol–water partition coefficient (Wildman–Crippen LogP) is -1.70. The highest BCUT2D eigenvalue weighted by Gasteiger charge is 2.13. The van der Waals surface area contributed by atoms with E-state index in [1.807, 2.05) is 22.6 Å². The Morgan fingerprint density at radius 2 is 1.29 bits per heavy atom. The summed E-state index contributed by atoms with van der Waals surface area (Å²) in [6.45, 7) is 0. The molecule has 2 aromatic carbocycles. The molecule has 0 radical (unpaired) electrons. The van der Waals surface area contributed by atoms with Gasteiger partial charge in [0.1, 0.15) is 23.6 Å². The molecule has 28 heavy (non-hydrogen) atoms. The van der Waals surface area contributed by atoms with E-state index in [1.54, 1.807) is 24.3 Å². The standard InChI is InChI=1S/C9H10INO3.C9H11NO3.HI/c10-6-3-5(1-2-8(6)12)4-7(11)9(13)14;10-8(9(12)13)5-6-1-3-7(11)4-2-6;/h1-3,7,12H,4,11H2,(H,13,14);1-4,8,11H,5,10H2,(H,12,13);1H/p-1/i10-3;;1-3. The van der Waals surface area contributed by atoms with Crippen molar-refractivity contribution < 1.29 is 54.0 Å². The number of benzene rings is 2. The van der Waals surface area contributed by atoms with Crippen LogP contribution < -0.4 is 35.4 Å². The molecule has 0 amide bonds. The lowest BCUT2D eigenvalue weighted by Gasteiger charge is -2.07. The van der Waals surface area contributed by atoms with Crippen molar-refractivity contribution in [2.24, 2.45) is 11.5 Å². The molecule has 8 nitrogen and oxygen atoms in total. The smallest absolute Gasteiger partial charge is 0.320 e. The molecular formula is C18H21I2N2O6-. The van der Waals surface area contributed by atoms with Crippen LogP contribution in [0.15, 0.2) is 42.5 Å². The van der Waals surface area contributed by atoms with Gasteiger partial charge in [-0.25, -0.2) is 0 Å². The molecule has 0 bridgehead atoms. The molecule has 0 saturated heterocycles. The minimum Gasteiger partial charge on any atom is -1.00 e.